The number of ether oxygens (including phenoxy) is 1. The molecule has 194 valence electrons. The quantitative estimate of drug-likeness (QED) is 0.336. The Hall–Kier alpha value is -3.19. The minimum absolute atomic E-state index is 0.344. The third-order valence-electron chi connectivity index (χ3n) is 8.22. The normalized spacial score (nSPS) is 21.2. The van der Waals surface area contributed by atoms with E-state index in [-0.39, 0.29) is 6.10 Å². The molecule has 1 unspecified atom stereocenters. The summed E-state index contributed by atoms with van der Waals surface area (Å²) in [5.41, 5.74) is 5.28. The van der Waals surface area contributed by atoms with Crippen molar-refractivity contribution in [2.24, 2.45) is 0 Å². The predicted octanol–water partition coefficient (Wildman–Crippen LogP) is 7.63. The standard InChI is InChI=1S/C30H34N2O4S/c1-18-6-4-5-7-25(18)20(3)36-29(35)31-26-19(2)32-37-27(26)23-10-8-21(9-11-23)22-12-14-24(15-13-22)30(16-17-30)28(33)34/h4-7,12-15,20-21,23H,8-11,16-17H2,1-3H3,(H,31,35)(H,33,34). The van der Waals surface area contributed by atoms with Crippen molar-refractivity contribution in [1.29, 1.82) is 0 Å². The third kappa shape index (κ3) is 5.14. The Kier molecular flexibility index (Phi) is 7.08. The molecule has 0 saturated heterocycles. The predicted molar refractivity (Wildman–Crippen MR) is 145 cm³/mol. The van der Waals surface area contributed by atoms with Crippen LogP contribution in [0.3, 0.4) is 0 Å². The van der Waals surface area contributed by atoms with Crippen molar-refractivity contribution in [3.05, 3.63) is 81.4 Å². The van der Waals surface area contributed by atoms with Crippen LogP contribution in [0.5, 0.6) is 0 Å². The lowest BCUT2D eigenvalue weighted by molar-refractivity contribution is -0.140. The van der Waals surface area contributed by atoms with Crippen LogP contribution in [0, 0.1) is 13.8 Å². The average molecular weight is 519 g/mol. The lowest BCUT2D eigenvalue weighted by Gasteiger charge is -2.29. The molecule has 1 aromatic heterocycles. The molecule has 2 aliphatic carbocycles. The van der Waals surface area contributed by atoms with E-state index in [0.717, 1.165) is 71.5 Å². The number of aryl methyl sites for hydroxylation is 2. The van der Waals surface area contributed by atoms with E-state index < -0.39 is 17.5 Å². The van der Waals surface area contributed by atoms with E-state index in [0.29, 0.717) is 11.8 Å². The first-order chi connectivity index (χ1) is 17.8. The van der Waals surface area contributed by atoms with Crippen molar-refractivity contribution in [2.45, 2.75) is 82.7 Å². The van der Waals surface area contributed by atoms with E-state index in [1.54, 1.807) is 0 Å². The van der Waals surface area contributed by atoms with Gasteiger partial charge in [0.25, 0.3) is 0 Å². The van der Waals surface area contributed by atoms with Crippen molar-refractivity contribution in [2.75, 3.05) is 5.32 Å². The van der Waals surface area contributed by atoms with E-state index in [9.17, 15) is 14.7 Å². The Morgan fingerprint density at radius 3 is 2.30 bits per heavy atom. The molecule has 0 spiro atoms. The number of aliphatic carboxylic acids is 1. The molecule has 6 nitrogen and oxygen atoms in total. The first-order valence-corrected chi connectivity index (χ1v) is 13.9. The Morgan fingerprint density at radius 2 is 1.68 bits per heavy atom. The van der Waals surface area contributed by atoms with Crippen LogP contribution in [0.1, 0.15) is 96.2 Å². The molecule has 2 aliphatic rings. The van der Waals surface area contributed by atoms with Crippen molar-refractivity contribution in [3.8, 4) is 0 Å². The summed E-state index contributed by atoms with van der Waals surface area (Å²) in [6.45, 7) is 5.83. The zero-order valence-electron chi connectivity index (χ0n) is 21.6. The first-order valence-electron chi connectivity index (χ1n) is 13.1. The molecule has 2 saturated carbocycles. The van der Waals surface area contributed by atoms with E-state index in [2.05, 4.69) is 21.8 Å². The SMILES string of the molecule is Cc1ccccc1C(C)OC(=O)Nc1c(C)nsc1C1CCC(c2ccc(C3(C(=O)O)CC3)cc2)CC1. The Labute approximate surface area is 222 Å². The molecule has 7 heteroatoms. The van der Waals surface area contributed by atoms with Gasteiger partial charge in [0.1, 0.15) is 6.10 Å². The van der Waals surface area contributed by atoms with Crippen LogP contribution in [0.2, 0.25) is 0 Å². The lowest BCUT2D eigenvalue weighted by atomic mass is 9.77. The highest BCUT2D eigenvalue weighted by Gasteiger charge is 2.51. The minimum Gasteiger partial charge on any atom is -0.481 e. The van der Waals surface area contributed by atoms with Gasteiger partial charge in [-0.2, -0.15) is 4.37 Å². The van der Waals surface area contributed by atoms with Crippen molar-refractivity contribution < 1.29 is 19.4 Å². The van der Waals surface area contributed by atoms with Crippen molar-refractivity contribution in [1.82, 2.24) is 4.37 Å². The van der Waals surface area contributed by atoms with Crippen LogP contribution < -0.4 is 5.32 Å². The number of nitrogens with one attached hydrogen (secondary N) is 1. The minimum atomic E-state index is -0.710. The van der Waals surface area contributed by atoms with Crippen LogP contribution in [0.25, 0.3) is 0 Å². The molecular weight excluding hydrogens is 484 g/mol. The van der Waals surface area contributed by atoms with E-state index in [4.69, 9.17) is 4.74 Å². The van der Waals surface area contributed by atoms with Gasteiger partial charge < -0.3 is 9.84 Å². The highest BCUT2D eigenvalue weighted by molar-refractivity contribution is 7.06. The number of rotatable bonds is 7. The lowest BCUT2D eigenvalue weighted by Crippen LogP contribution is -2.20. The summed E-state index contributed by atoms with van der Waals surface area (Å²) < 4.78 is 10.3. The first kappa shape index (κ1) is 25.5. The van der Waals surface area contributed by atoms with Crippen LogP contribution in [-0.4, -0.2) is 21.5 Å². The molecule has 0 bridgehead atoms. The number of hydrogen-bond acceptors (Lipinski definition) is 5. The summed E-state index contributed by atoms with van der Waals surface area (Å²) >= 11 is 1.48. The molecule has 2 N–H and O–H groups in total. The van der Waals surface area contributed by atoms with E-state index >= 15 is 0 Å². The zero-order chi connectivity index (χ0) is 26.2. The van der Waals surface area contributed by atoms with Gasteiger partial charge in [-0.05, 0) is 105 Å². The summed E-state index contributed by atoms with van der Waals surface area (Å²) in [5.74, 6) is 0.113. The van der Waals surface area contributed by atoms with Gasteiger partial charge in [0.05, 0.1) is 21.7 Å². The van der Waals surface area contributed by atoms with E-state index in [1.807, 2.05) is 57.2 Å². The molecule has 1 heterocycles. The second-order valence-corrected chi connectivity index (χ2v) is 11.4. The molecule has 0 aliphatic heterocycles. The molecule has 1 amide bonds. The van der Waals surface area contributed by atoms with Crippen LogP contribution in [-0.2, 0) is 14.9 Å². The molecule has 1 atom stereocenters. The number of anilines is 1. The van der Waals surface area contributed by atoms with E-state index in [1.165, 1.54) is 17.1 Å². The largest absolute Gasteiger partial charge is 0.481 e. The van der Waals surface area contributed by atoms with Gasteiger partial charge >= 0.3 is 12.1 Å². The number of aromatic nitrogens is 1. The van der Waals surface area contributed by atoms with Gasteiger partial charge in [-0.15, -0.1) is 0 Å². The molecule has 2 aromatic carbocycles. The smallest absolute Gasteiger partial charge is 0.412 e. The van der Waals surface area contributed by atoms with Gasteiger partial charge in [-0.1, -0.05) is 48.5 Å². The number of nitrogens with zero attached hydrogens (tertiary/aromatic N) is 1. The molecule has 3 aromatic rings. The maximum absolute atomic E-state index is 12.8. The van der Waals surface area contributed by atoms with Gasteiger partial charge in [-0.25, -0.2) is 4.79 Å². The summed E-state index contributed by atoms with van der Waals surface area (Å²) in [4.78, 5) is 25.5. The second kappa shape index (κ2) is 10.3. The monoisotopic (exact) mass is 518 g/mol. The number of carbonyl (C=O) groups excluding carboxylic acids is 1. The number of carbonyl (C=O) groups is 2. The molecule has 5 rings (SSSR count). The number of hydrogen-bond donors (Lipinski definition) is 2. The number of carboxylic acid groups (broad SMARTS) is 1. The Balaban J connectivity index is 1.20. The fraction of sp³-hybridized carbons (Fsp3) is 0.433. The summed E-state index contributed by atoms with van der Waals surface area (Å²) in [5, 5.41) is 12.6. The van der Waals surface area contributed by atoms with Gasteiger partial charge in [0.2, 0.25) is 0 Å². The third-order valence-corrected chi connectivity index (χ3v) is 9.32. The fourth-order valence-electron chi connectivity index (χ4n) is 5.73. The van der Waals surface area contributed by atoms with Gasteiger partial charge in [0, 0.05) is 0 Å². The number of carboxylic acids is 1. The number of benzene rings is 2. The molecule has 2 fully saturated rings. The summed E-state index contributed by atoms with van der Waals surface area (Å²) in [6, 6.07) is 16.2. The Morgan fingerprint density at radius 1 is 1.03 bits per heavy atom. The van der Waals surface area contributed by atoms with Crippen LogP contribution >= 0.6 is 11.5 Å². The summed E-state index contributed by atoms with van der Waals surface area (Å²) in [7, 11) is 0. The maximum atomic E-state index is 12.8. The van der Waals surface area contributed by atoms with Crippen molar-refractivity contribution in [3.63, 3.8) is 0 Å². The zero-order valence-corrected chi connectivity index (χ0v) is 22.4. The van der Waals surface area contributed by atoms with Gasteiger partial charge in [0.15, 0.2) is 0 Å². The van der Waals surface area contributed by atoms with Gasteiger partial charge in [-0.3, -0.25) is 10.1 Å². The Bertz CT molecular complexity index is 1290. The number of amides is 1. The summed E-state index contributed by atoms with van der Waals surface area (Å²) in [6.07, 6.45) is 4.82. The van der Waals surface area contributed by atoms with Crippen molar-refractivity contribution >= 4 is 29.3 Å². The topological polar surface area (TPSA) is 88.5 Å². The maximum Gasteiger partial charge on any atom is 0.412 e. The molecule has 0 radical (unpaired) electrons. The fourth-order valence-corrected chi connectivity index (χ4v) is 6.73. The van der Waals surface area contributed by atoms with Crippen LogP contribution in [0.4, 0.5) is 10.5 Å². The molecule has 37 heavy (non-hydrogen) atoms. The highest BCUT2D eigenvalue weighted by atomic mass is 32.1. The second-order valence-electron chi connectivity index (χ2n) is 10.6. The highest BCUT2D eigenvalue weighted by Crippen LogP contribution is 2.49. The molecular formula is C30H34N2O4S. The van der Waals surface area contributed by atoms with Crippen LogP contribution in [0.15, 0.2) is 48.5 Å². The average Bonchev–Trinajstić information content (AvgIpc) is 3.64.